The van der Waals surface area contributed by atoms with Crippen molar-refractivity contribution in [3.8, 4) is 0 Å². The van der Waals surface area contributed by atoms with Gasteiger partial charge in [0.2, 0.25) is 0 Å². The van der Waals surface area contributed by atoms with E-state index in [1.54, 1.807) is 48.5 Å². The van der Waals surface area contributed by atoms with E-state index in [9.17, 15) is 33.6 Å². The fourth-order valence-electron chi connectivity index (χ4n) is 3.54. The molecule has 2 aliphatic rings. The van der Waals surface area contributed by atoms with E-state index in [4.69, 9.17) is 0 Å². The average molecular weight is 747 g/mol. The number of rotatable bonds is 6. The Balaban J connectivity index is 0.000000311. The molecule has 2 aromatic carbocycles. The van der Waals surface area contributed by atoms with Gasteiger partial charge in [-0.25, -0.2) is 0 Å². The molecule has 214 valence electrons. The fourth-order valence-corrected chi connectivity index (χ4v) is 3.72. The minimum Gasteiger partial charge on any atom is -0.463 e. The highest BCUT2D eigenvalue weighted by atomic mass is 80.9. The van der Waals surface area contributed by atoms with Gasteiger partial charge in [0.15, 0.2) is 5.78 Å². The second-order valence-electron chi connectivity index (χ2n) is 8.52. The van der Waals surface area contributed by atoms with Crippen molar-refractivity contribution in [3.63, 3.8) is 0 Å². The Bertz CT molecular complexity index is 1230. The van der Waals surface area contributed by atoms with E-state index in [0.29, 0.717) is 22.3 Å². The maximum absolute atomic E-state index is 11.8. The number of amides is 4. The molecule has 4 amide bonds. The SMILES string of the molecule is BrBr.CC(=O)CN1C(=O)c2ccccc2C1=O.CC(=O)OC(C)C.O=C(CBr)CN1C(=O)c2ccccc2C1=O. The molecule has 13 heteroatoms. The number of Topliss-reactive ketones (excluding diaryl/α,β-unsaturated/α-hetero) is 2. The van der Waals surface area contributed by atoms with Crippen LogP contribution in [0.4, 0.5) is 0 Å². The lowest BCUT2D eigenvalue weighted by molar-refractivity contribution is -0.144. The van der Waals surface area contributed by atoms with Crippen molar-refractivity contribution >= 4 is 85.3 Å². The summed E-state index contributed by atoms with van der Waals surface area (Å²) in [5.74, 6) is -2.17. The molecule has 2 aromatic rings. The van der Waals surface area contributed by atoms with Crippen LogP contribution in [0.15, 0.2) is 48.5 Å². The van der Waals surface area contributed by atoms with Gasteiger partial charge in [-0.2, -0.15) is 0 Å². The van der Waals surface area contributed by atoms with Crippen LogP contribution >= 0.6 is 44.2 Å². The topological polar surface area (TPSA) is 135 Å². The Hall–Kier alpha value is -3.03. The Morgan fingerprint density at radius 3 is 1.25 bits per heavy atom. The molecular formula is C27H27Br3N2O8. The second kappa shape index (κ2) is 16.9. The molecule has 0 saturated carbocycles. The van der Waals surface area contributed by atoms with Gasteiger partial charge in [0.05, 0.1) is 46.8 Å². The van der Waals surface area contributed by atoms with Gasteiger partial charge in [-0.15, -0.1) is 0 Å². The molecule has 0 saturated heterocycles. The number of fused-ring (bicyclic) bond motifs is 2. The molecule has 0 atom stereocenters. The summed E-state index contributed by atoms with van der Waals surface area (Å²) in [6.45, 7) is 6.08. The third-order valence-corrected chi connectivity index (χ3v) is 5.65. The zero-order valence-corrected chi connectivity index (χ0v) is 26.9. The molecule has 0 radical (unpaired) electrons. The number of benzene rings is 2. The first kappa shape index (κ1) is 35.0. The third-order valence-electron chi connectivity index (χ3n) is 5.02. The van der Waals surface area contributed by atoms with Gasteiger partial charge in [0, 0.05) is 35.2 Å². The average Bonchev–Trinajstić information content (AvgIpc) is 3.30. The summed E-state index contributed by atoms with van der Waals surface area (Å²) >= 11 is 8.50. The number of ketones is 2. The first-order chi connectivity index (χ1) is 18.9. The van der Waals surface area contributed by atoms with Crippen molar-refractivity contribution in [1.82, 2.24) is 9.80 Å². The van der Waals surface area contributed by atoms with E-state index in [0.717, 1.165) is 9.80 Å². The number of esters is 1. The number of hydrogen-bond acceptors (Lipinski definition) is 8. The highest BCUT2D eigenvalue weighted by Crippen LogP contribution is 2.23. The van der Waals surface area contributed by atoms with Gasteiger partial charge < -0.3 is 4.74 Å². The van der Waals surface area contributed by atoms with Crippen LogP contribution in [0, 0.1) is 0 Å². The van der Waals surface area contributed by atoms with Crippen LogP contribution in [0.3, 0.4) is 0 Å². The molecule has 4 rings (SSSR count). The molecule has 2 aliphatic heterocycles. The molecule has 0 aromatic heterocycles. The predicted octanol–water partition coefficient (Wildman–Crippen LogP) is 4.77. The summed E-state index contributed by atoms with van der Waals surface area (Å²) in [5.41, 5.74) is 1.50. The summed E-state index contributed by atoms with van der Waals surface area (Å²) in [6.07, 6.45) is 0.0255. The normalized spacial score (nSPS) is 12.8. The van der Waals surface area contributed by atoms with E-state index < -0.39 is 11.8 Å². The van der Waals surface area contributed by atoms with Crippen LogP contribution in [0.5, 0.6) is 0 Å². The van der Waals surface area contributed by atoms with Crippen molar-refractivity contribution in [1.29, 1.82) is 0 Å². The molecule has 0 unspecified atom stereocenters. The maximum atomic E-state index is 11.8. The van der Waals surface area contributed by atoms with Gasteiger partial charge in [-0.1, -0.05) is 40.2 Å². The van der Waals surface area contributed by atoms with Crippen LogP contribution < -0.4 is 0 Å². The van der Waals surface area contributed by atoms with Gasteiger partial charge in [-0.3, -0.25) is 43.4 Å². The molecule has 0 spiro atoms. The van der Waals surface area contributed by atoms with Crippen molar-refractivity contribution in [3.05, 3.63) is 70.8 Å². The summed E-state index contributed by atoms with van der Waals surface area (Å²) in [5, 5.41) is 0.139. The minimum absolute atomic E-state index is 0.0255. The molecule has 0 N–H and O–H groups in total. The van der Waals surface area contributed by atoms with Gasteiger partial charge in [0.25, 0.3) is 23.6 Å². The van der Waals surface area contributed by atoms with E-state index in [-0.39, 0.29) is 53.9 Å². The van der Waals surface area contributed by atoms with E-state index in [1.165, 1.54) is 13.8 Å². The van der Waals surface area contributed by atoms with Crippen molar-refractivity contribution in [2.45, 2.75) is 33.8 Å². The van der Waals surface area contributed by atoms with E-state index in [2.05, 4.69) is 48.9 Å². The van der Waals surface area contributed by atoms with Crippen molar-refractivity contribution < 1.29 is 38.3 Å². The van der Waals surface area contributed by atoms with Crippen molar-refractivity contribution in [2.24, 2.45) is 0 Å². The monoisotopic (exact) mass is 744 g/mol. The number of carbonyl (C=O) groups is 7. The smallest absolute Gasteiger partial charge is 0.302 e. The highest BCUT2D eigenvalue weighted by Gasteiger charge is 2.36. The van der Waals surface area contributed by atoms with Crippen LogP contribution in [0.25, 0.3) is 0 Å². The first-order valence-corrected chi connectivity index (χ1v) is 16.5. The Morgan fingerprint density at radius 2 is 1.02 bits per heavy atom. The minimum atomic E-state index is -0.394. The lowest BCUT2D eigenvalue weighted by Gasteiger charge is -2.11. The summed E-state index contributed by atoms with van der Waals surface area (Å²) in [6, 6.07) is 13.1. The fraction of sp³-hybridized carbons (Fsp3) is 0.296. The lowest BCUT2D eigenvalue weighted by Crippen LogP contribution is -2.35. The largest absolute Gasteiger partial charge is 0.463 e. The van der Waals surface area contributed by atoms with Gasteiger partial charge in [-0.05, 0) is 45.0 Å². The summed E-state index contributed by atoms with van der Waals surface area (Å²) in [7, 11) is 0. The molecular weight excluding hydrogens is 720 g/mol. The summed E-state index contributed by atoms with van der Waals surface area (Å²) in [4.78, 5) is 81.1. The Labute approximate surface area is 255 Å². The molecule has 0 fully saturated rings. The third kappa shape index (κ3) is 9.56. The van der Waals surface area contributed by atoms with Crippen LogP contribution in [-0.2, 0) is 19.1 Å². The first-order valence-electron chi connectivity index (χ1n) is 11.7. The molecule has 2 heterocycles. The number of halogens is 3. The van der Waals surface area contributed by atoms with Crippen LogP contribution in [0.1, 0.15) is 69.1 Å². The lowest BCUT2D eigenvalue weighted by atomic mass is 10.1. The number of carbonyl (C=O) groups excluding carboxylic acids is 7. The van der Waals surface area contributed by atoms with E-state index >= 15 is 0 Å². The quantitative estimate of drug-likeness (QED) is 0.235. The Morgan fingerprint density at radius 1 is 0.700 bits per heavy atom. The number of nitrogens with zero attached hydrogens (tertiary/aromatic N) is 2. The van der Waals surface area contributed by atoms with Gasteiger partial charge in [0.1, 0.15) is 5.78 Å². The van der Waals surface area contributed by atoms with Crippen LogP contribution in [-0.4, -0.2) is 75.5 Å². The number of hydrogen-bond donors (Lipinski definition) is 0. The zero-order valence-electron chi connectivity index (χ0n) is 22.1. The number of imide groups is 2. The zero-order chi connectivity index (χ0) is 30.6. The summed E-state index contributed by atoms with van der Waals surface area (Å²) < 4.78 is 4.61. The second-order valence-corrected chi connectivity index (χ2v) is 9.08. The maximum Gasteiger partial charge on any atom is 0.302 e. The Kier molecular flexibility index (Phi) is 14.8. The molecule has 0 aliphatic carbocycles. The molecule has 40 heavy (non-hydrogen) atoms. The van der Waals surface area contributed by atoms with Gasteiger partial charge >= 0.3 is 5.97 Å². The highest BCUT2D eigenvalue weighted by molar-refractivity contribution is 9.93. The predicted molar refractivity (Wildman–Crippen MR) is 158 cm³/mol. The number of alkyl halides is 1. The molecule has 0 bridgehead atoms. The number of ether oxygens (including phenoxy) is 1. The van der Waals surface area contributed by atoms with Crippen LogP contribution in [0.2, 0.25) is 0 Å². The van der Waals surface area contributed by atoms with E-state index in [1.807, 2.05) is 13.8 Å². The standard InChI is InChI=1S/C11H8BrNO3.C11H9NO3.C5H10O2.Br2/c12-5-7(14)6-13-10(15)8-3-1-2-4-9(8)11(13)16;1-7(13)6-12-10(14)8-4-2-3-5-9(8)11(12)15;1-4(2)7-5(3)6;1-2/h1-4H,5-6H2;2-5H,6H2,1H3;4H,1-3H3;. The van der Waals surface area contributed by atoms with Crippen molar-refractivity contribution in [2.75, 3.05) is 18.4 Å². The molecule has 10 nitrogen and oxygen atoms in total.